The Morgan fingerprint density at radius 1 is 1.00 bits per heavy atom. The van der Waals surface area contributed by atoms with Gasteiger partial charge in [0.05, 0.1) is 37.2 Å². The third kappa shape index (κ3) is 5.45. The molecular weight excluding hydrogens is 596 g/mol. The normalized spacial score (nSPS) is 24.9. The number of nitriles is 1. The fourth-order valence-corrected chi connectivity index (χ4v) is 8.62. The summed E-state index contributed by atoms with van der Waals surface area (Å²) in [6, 6.07) is 14.5. The van der Waals surface area contributed by atoms with E-state index in [0.29, 0.717) is 45.8 Å². The number of carbonyl (C=O) groups is 3. The lowest BCUT2D eigenvalue weighted by molar-refractivity contribution is -0.163. The number of carboxylic acids is 1. The summed E-state index contributed by atoms with van der Waals surface area (Å²) < 4.78 is 13.1. The van der Waals surface area contributed by atoms with Crippen LogP contribution in [0.15, 0.2) is 42.5 Å². The number of hydrogen-bond donors (Lipinski definition) is 2. The van der Waals surface area contributed by atoms with Crippen LogP contribution in [0.1, 0.15) is 91.6 Å². The number of Topliss-reactive ketones (excluding diaryl/α,β-unsaturated/α-hetero) is 1. The van der Waals surface area contributed by atoms with Crippen molar-refractivity contribution >= 4 is 17.7 Å². The molecule has 4 saturated carbocycles. The van der Waals surface area contributed by atoms with Crippen LogP contribution in [0.3, 0.4) is 0 Å². The number of rotatable bonds is 11. The first-order valence-electron chi connectivity index (χ1n) is 16.4. The minimum atomic E-state index is -1.33. The first-order valence-corrected chi connectivity index (χ1v) is 16.4. The number of hydrogen-bond acceptors (Lipinski definition) is 7. The number of nitrogens with one attached hydrogen (secondary N) is 1. The zero-order valence-electron chi connectivity index (χ0n) is 27.6. The molecule has 10 nitrogen and oxygen atoms in total. The van der Waals surface area contributed by atoms with E-state index in [9.17, 15) is 19.5 Å². The van der Waals surface area contributed by atoms with Crippen LogP contribution in [0.5, 0.6) is 11.5 Å². The first kappa shape index (κ1) is 32.3. The quantitative estimate of drug-likeness (QED) is 0.229. The van der Waals surface area contributed by atoms with Crippen LogP contribution >= 0.6 is 0 Å². The lowest BCUT2D eigenvalue weighted by Crippen LogP contribution is -2.70. The largest absolute Gasteiger partial charge is 0.496 e. The summed E-state index contributed by atoms with van der Waals surface area (Å²) in [5.74, 6) is -0.304. The summed E-state index contributed by atoms with van der Waals surface area (Å²) in [5.41, 5.74) is 1.78. The van der Waals surface area contributed by atoms with E-state index in [1.807, 2.05) is 19.9 Å². The molecule has 3 aromatic rings. The molecule has 4 aliphatic carbocycles. The van der Waals surface area contributed by atoms with Crippen LogP contribution < -0.4 is 14.8 Å². The second-order valence-electron chi connectivity index (χ2n) is 13.9. The summed E-state index contributed by atoms with van der Waals surface area (Å²) in [6.45, 7) is 5.76. The van der Waals surface area contributed by atoms with Gasteiger partial charge in [0.2, 0.25) is 0 Å². The first-order chi connectivity index (χ1) is 22.5. The third-order valence-electron chi connectivity index (χ3n) is 10.7. The van der Waals surface area contributed by atoms with Gasteiger partial charge in [-0.05, 0) is 104 Å². The van der Waals surface area contributed by atoms with Crippen LogP contribution in [0.2, 0.25) is 0 Å². The van der Waals surface area contributed by atoms with Gasteiger partial charge < -0.3 is 19.9 Å². The molecule has 1 amide bonds. The van der Waals surface area contributed by atoms with Gasteiger partial charge >= 0.3 is 5.97 Å². The van der Waals surface area contributed by atoms with Crippen molar-refractivity contribution in [3.05, 3.63) is 59.3 Å². The zero-order chi connectivity index (χ0) is 33.6. The van der Waals surface area contributed by atoms with Gasteiger partial charge in [-0.3, -0.25) is 9.59 Å². The topological polar surface area (TPSA) is 144 Å². The molecular formula is C37H42N4O6. The van der Waals surface area contributed by atoms with E-state index in [2.05, 4.69) is 11.4 Å². The number of methoxy groups -OCH3 is 2. The maximum atomic E-state index is 14.2. The average Bonchev–Trinajstić information content (AvgIpc) is 3.50. The molecule has 2 N–H and O–H groups in total. The van der Waals surface area contributed by atoms with Gasteiger partial charge in [-0.1, -0.05) is 26.8 Å². The van der Waals surface area contributed by atoms with Crippen LogP contribution in [0, 0.1) is 40.9 Å². The number of benzene rings is 2. The monoisotopic (exact) mass is 638 g/mol. The van der Waals surface area contributed by atoms with E-state index >= 15 is 0 Å². The third-order valence-corrected chi connectivity index (χ3v) is 10.7. The summed E-state index contributed by atoms with van der Waals surface area (Å²) >= 11 is 0. The second-order valence-corrected chi connectivity index (χ2v) is 13.9. The van der Waals surface area contributed by atoms with E-state index in [0.717, 1.165) is 37.7 Å². The van der Waals surface area contributed by atoms with Crippen LogP contribution in [-0.2, 0) is 4.79 Å². The molecule has 0 spiro atoms. The molecule has 0 aliphatic heterocycles. The Morgan fingerprint density at radius 2 is 1.62 bits per heavy atom. The molecule has 0 saturated heterocycles. The van der Waals surface area contributed by atoms with E-state index < -0.39 is 23.3 Å². The highest BCUT2D eigenvalue weighted by Crippen LogP contribution is 2.58. The van der Waals surface area contributed by atoms with Gasteiger partial charge in [0, 0.05) is 17.9 Å². The van der Waals surface area contributed by atoms with Crippen LogP contribution in [-0.4, -0.2) is 52.3 Å². The summed E-state index contributed by atoms with van der Waals surface area (Å²) in [6.07, 6.45) is 4.53. The summed E-state index contributed by atoms with van der Waals surface area (Å²) in [7, 11) is 3.11. The van der Waals surface area contributed by atoms with Crippen molar-refractivity contribution in [1.82, 2.24) is 15.1 Å². The molecule has 1 atom stereocenters. The second kappa shape index (κ2) is 12.5. The van der Waals surface area contributed by atoms with Gasteiger partial charge in [-0.2, -0.15) is 10.4 Å². The van der Waals surface area contributed by atoms with Gasteiger partial charge in [-0.25, -0.2) is 9.48 Å². The lowest BCUT2D eigenvalue weighted by Gasteiger charge is -2.59. The number of amides is 1. The molecule has 4 bridgehead atoms. The fourth-order valence-electron chi connectivity index (χ4n) is 8.62. The highest BCUT2D eigenvalue weighted by Gasteiger charge is 2.62. The van der Waals surface area contributed by atoms with Crippen molar-refractivity contribution in [3.8, 4) is 34.5 Å². The summed E-state index contributed by atoms with van der Waals surface area (Å²) in [4.78, 5) is 40.4. The standard InChI is InChI=1S/C37H42N4O6/c1-20(2)27-18-24(34(42)21(3)11-12-38)9-10-29(27)41-30(33-31(46-4)7-6-8-32(33)47-5)19-28(40-41)35(43)39-37(36(44)45)25-14-22-13-23(16-25)17-26(37)15-22/h6-10,18-23,25-26H,11,13-17H2,1-5H3,(H,39,43)(H,44,45). The number of ketones is 1. The minimum absolute atomic E-state index is 0.0405. The van der Waals surface area contributed by atoms with Crippen molar-refractivity contribution < 1.29 is 29.0 Å². The van der Waals surface area contributed by atoms with Gasteiger partial charge in [-0.15, -0.1) is 0 Å². The predicted octanol–water partition coefficient (Wildman–Crippen LogP) is 6.42. The Kier molecular flexibility index (Phi) is 8.60. The Hall–Kier alpha value is -4.65. The van der Waals surface area contributed by atoms with Crippen molar-refractivity contribution in [1.29, 1.82) is 5.26 Å². The molecule has 0 radical (unpaired) electrons. The summed E-state index contributed by atoms with van der Waals surface area (Å²) in [5, 5.41) is 27.7. The van der Waals surface area contributed by atoms with E-state index in [1.165, 1.54) is 0 Å². The number of ether oxygens (including phenoxy) is 2. The molecule has 1 aromatic heterocycles. The highest BCUT2D eigenvalue weighted by molar-refractivity contribution is 5.99. The lowest BCUT2D eigenvalue weighted by atomic mass is 9.48. The number of aromatic nitrogens is 2. The van der Waals surface area contributed by atoms with Crippen molar-refractivity contribution in [2.45, 2.75) is 70.8 Å². The Balaban J connectivity index is 1.48. The number of nitrogens with zero attached hydrogens (tertiary/aromatic N) is 3. The molecule has 246 valence electrons. The van der Waals surface area contributed by atoms with Gasteiger partial charge in [0.1, 0.15) is 17.0 Å². The minimum Gasteiger partial charge on any atom is -0.496 e. The molecule has 4 fully saturated rings. The van der Waals surface area contributed by atoms with Gasteiger partial charge in [0.15, 0.2) is 11.5 Å². The van der Waals surface area contributed by atoms with Crippen molar-refractivity contribution in [2.75, 3.05) is 14.2 Å². The van der Waals surface area contributed by atoms with Crippen LogP contribution in [0.25, 0.3) is 16.9 Å². The van der Waals surface area contributed by atoms with Crippen LogP contribution in [0.4, 0.5) is 0 Å². The zero-order valence-corrected chi connectivity index (χ0v) is 27.6. The Morgan fingerprint density at radius 3 is 2.15 bits per heavy atom. The van der Waals surface area contributed by atoms with E-state index in [1.54, 1.807) is 62.2 Å². The molecule has 4 aliphatic rings. The Bertz CT molecular complexity index is 1720. The average molecular weight is 639 g/mol. The molecule has 7 rings (SSSR count). The number of aliphatic carboxylic acids is 1. The molecule has 1 unspecified atom stereocenters. The van der Waals surface area contributed by atoms with Gasteiger partial charge in [0.25, 0.3) is 5.91 Å². The molecule has 2 aromatic carbocycles. The fraction of sp³-hybridized carbons (Fsp3) is 0.486. The van der Waals surface area contributed by atoms with Crippen molar-refractivity contribution in [2.24, 2.45) is 29.6 Å². The van der Waals surface area contributed by atoms with E-state index in [4.69, 9.17) is 19.8 Å². The van der Waals surface area contributed by atoms with E-state index in [-0.39, 0.29) is 35.7 Å². The van der Waals surface area contributed by atoms with Crippen molar-refractivity contribution in [3.63, 3.8) is 0 Å². The maximum absolute atomic E-state index is 14.2. The SMILES string of the molecule is COc1cccc(OC)c1-c1cc(C(=O)NC2(C(=O)O)C3CC4CC(C3)CC2C4)nn1-c1ccc(C(=O)C(C)CC#N)cc1C(C)C. The highest BCUT2D eigenvalue weighted by atomic mass is 16.5. The Labute approximate surface area is 275 Å². The molecule has 47 heavy (non-hydrogen) atoms. The number of carboxylic acid groups (broad SMARTS) is 1. The smallest absolute Gasteiger partial charge is 0.330 e. The maximum Gasteiger partial charge on any atom is 0.330 e. The molecule has 10 heteroatoms. The molecule has 1 heterocycles. The number of carbonyl (C=O) groups excluding carboxylic acids is 2. The predicted molar refractivity (Wildman–Crippen MR) is 175 cm³/mol.